The average molecular weight is 265 g/mol. The lowest BCUT2D eigenvalue weighted by molar-refractivity contribution is -0.136. The molecule has 3 nitrogen and oxygen atoms in total. The van der Waals surface area contributed by atoms with Gasteiger partial charge in [0.1, 0.15) is 11.5 Å². The molecule has 1 aliphatic rings. The summed E-state index contributed by atoms with van der Waals surface area (Å²) in [5, 5.41) is 9.48. The number of benzene rings is 1. The van der Waals surface area contributed by atoms with Crippen LogP contribution in [0.25, 0.3) is 0 Å². The average Bonchev–Trinajstić information content (AvgIpc) is 2.34. The minimum atomic E-state index is -0.853. The van der Waals surface area contributed by atoms with Gasteiger partial charge in [-0.05, 0) is 43.2 Å². The van der Waals surface area contributed by atoms with Crippen molar-refractivity contribution < 1.29 is 14.6 Å². The Morgan fingerprint density at radius 2 is 1.89 bits per heavy atom. The Morgan fingerprint density at radius 1 is 1.22 bits per heavy atom. The predicted octanol–water partition coefficient (Wildman–Crippen LogP) is 3.80. The maximum Gasteiger partial charge on any atom is 0.307 e. The third-order valence-electron chi connectivity index (χ3n) is 2.59. The van der Waals surface area contributed by atoms with Crippen molar-refractivity contribution in [3.63, 3.8) is 0 Å². The molecule has 1 aromatic rings. The number of hydrogen-bond donors (Lipinski definition) is 1. The summed E-state index contributed by atoms with van der Waals surface area (Å²) in [4.78, 5) is 10.8. The summed E-state index contributed by atoms with van der Waals surface area (Å²) in [6.07, 6.45) is 5.55. The smallest absolute Gasteiger partial charge is 0.307 e. The molecule has 1 aliphatic carbocycles. The Labute approximate surface area is 110 Å². The number of allylic oxidation sites excluding steroid dienone is 3. The van der Waals surface area contributed by atoms with Crippen molar-refractivity contribution in [3.05, 3.63) is 52.8 Å². The van der Waals surface area contributed by atoms with Gasteiger partial charge in [-0.2, -0.15) is 0 Å². The zero-order valence-corrected chi connectivity index (χ0v) is 10.5. The van der Waals surface area contributed by atoms with E-state index in [1.54, 1.807) is 24.3 Å². The largest absolute Gasteiger partial charge is 0.481 e. The second kappa shape index (κ2) is 5.74. The highest BCUT2D eigenvalue weighted by molar-refractivity contribution is 6.30. The zero-order chi connectivity index (χ0) is 13.0. The number of rotatable bonds is 4. The van der Waals surface area contributed by atoms with Crippen LogP contribution in [0, 0.1) is 0 Å². The fourth-order valence-electron chi connectivity index (χ4n) is 1.76. The lowest BCUT2D eigenvalue weighted by Gasteiger charge is -2.16. The third-order valence-corrected chi connectivity index (χ3v) is 2.84. The summed E-state index contributed by atoms with van der Waals surface area (Å²) in [6.45, 7) is 0. The molecule has 0 spiro atoms. The molecule has 0 heterocycles. The molecule has 1 aromatic carbocycles. The third kappa shape index (κ3) is 3.37. The topological polar surface area (TPSA) is 46.5 Å². The number of carboxylic acids is 1. The molecule has 2 rings (SSSR count). The Balaban J connectivity index is 2.11. The summed E-state index contributed by atoms with van der Waals surface area (Å²) < 4.78 is 5.69. The van der Waals surface area contributed by atoms with Gasteiger partial charge in [0.05, 0.1) is 6.42 Å². The van der Waals surface area contributed by atoms with Crippen molar-refractivity contribution in [1.29, 1.82) is 0 Å². The Hall–Kier alpha value is -1.74. The molecule has 94 valence electrons. The Bertz CT molecular complexity index is 500. The van der Waals surface area contributed by atoms with E-state index in [1.165, 1.54) is 0 Å². The van der Waals surface area contributed by atoms with Gasteiger partial charge in [0, 0.05) is 10.6 Å². The van der Waals surface area contributed by atoms with E-state index in [4.69, 9.17) is 21.4 Å². The van der Waals surface area contributed by atoms with Gasteiger partial charge in [-0.15, -0.1) is 0 Å². The van der Waals surface area contributed by atoms with Crippen molar-refractivity contribution in [1.82, 2.24) is 0 Å². The Morgan fingerprint density at radius 3 is 2.56 bits per heavy atom. The van der Waals surface area contributed by atoms with E-state index < -0.39 is 5.97 Å². The highest BCUT2D eigenvalue weighted by Gasteiger charge is 2.14. The van der Waals surface area contributed by atoms with Crippen molar-refractivity contribution in [2.75, 3.05) is 0 Å². The molecular weight excluding hydrogens is 252 g/mol. The molecule has 0 saturated heterocycles. The number of halogens is 1. The first kappa shape index (κ1) is 12.7. The van der Waals surface area contributed by atoms with Crippen LogP contribution in [0.2, 0.25) is 5.02 Å². The van der Waals surface area contributed by atoms with E-state index in [2.05, 4.69) is 0 Å². The summed E-state index contributed by atoms with van der Waals surface area (Å²) in [5.74, 6) is 0.434. The maximum absolute atomic E-state index is 10.8. The van der Waals surface area contributed by atoms with E-state index in [-0.39, 0.29) is 6.42 Å². The van der Waals surface area contributed by atoms with Crippen LogP contribution in [0.1, 0.15) is 19.3 Å². The standard InChI is InChI=1S/C14H13ClO3/c15-11-5-7-12(8-6-11)18-13-4-2-1-3-10(13)9-14(16)17/h3-8H,1-2,9H2,(H,16,17). The van der Waals surface area contributed by atoms with Crippen LogP contribution in [-0.2, 0) is 4.79 Å². The monoisotopic (exact) mass is 264 g/mol. The molecule has 0 atom stereocenters. The number of carbonyl (C=O) groups is 1. The first-order valence-corrected chi connectivity index (χ1v) is 6.08. The van der Waals surface area contributed by atoms with E-state index in [1.807, 2.05) is 12.2 Å². The highest BCUT2D eigenvalue weighted by Crippen LogP contribution is 2.26. The first-order chi connectivity index (χ1) is 8.65. The lowest BCUT2D eigenvalue weighted by Crippen LogP contribution is -2.07. The van der Waals surface area contributed by atoms with E-state index >= 15 is 0 Å². The van der Waals surface area contributed by atoms with Crippen LogP contribution in [0.15, 0.2) is 47.7 Å². The van der Waals surface area contributed by atoms with Gasteiger partial charge in [-0.1, -0.05) is 17.7 Å². The zero-order valence-electron chi connectivity index (χ0n) is 9.73. The molecule has 0 aromatic heterocycles. The summed E-state index contributed by atoms with van der Waals surface area (Å²) in [7, 11) is 0. The van der Waals surface area contributed by atoms with Crippen molar-refractivity contribution in [2.24, 2.45) is 0 Å². The summed E-state index contributed by atoms with van der Waals surface area (Å²) in [6, 6.07) is 6.99. The molecule has 0 radical (unpaired) electrons. The second-order valence-corrected chi connectivity index (χ2v) is 4.44. The molecular formula is C14H13ClO3. The molecule has 18 heavy (non-hydrogen) atoms. The molecule has 0 unspecified atom stereocenters. The number of ether oxygens (including phenoxy) is 1. The summed E-state index contributed by atoms with van der Waals surface area (Å²) >= 11 is 5.79. The van der Waals surface area contributed by atoms with Gasteiger partial charge in [-0.3, -0.25) is 4.79 Å². The van der Waals surface area contributed by atoms with Crippen LogP contribution >= 0.6 is 11.6 Å². The number of carboxylic acid groups (broad SMARTS) is 1. The summed E-state index contributed by atoms with van der Waals surface area (Å²) in [5.41, 5.74) is 0.726. The first-order valence-electron chi connectivity index (χ1n) is 5.70. The quantitative estimate of drug-likeness (QED) is 0.900. The van der Waals surface area contributed by atoms with Crippen LogP contribution in [0.4, 0.5) is 0 Å². The minimum absolute atomic E-state index is 0.0145. The number of hydrogen-bond acceptors (Lipinski definition) is 2. The van der Waals surface area contributed by atoms with Crippen molar-refractivity contribution in [2.45, 2.75) is 19.3 Å². The van der Waals surface area contributed by atoms with Crippen LogP contribution in [0.5, 0.6) is 5.75 Å². The van der Waals surface area contributed by atoms with Gasteiger partial charge in [0.2, 0.25) is 0 Å². The van der Waals surface area contributed by atoms with Gasteiger partial charge < -0.3 is 9.84 Å². The fraction of sp³-hybridized carbons (Fsp3) is 0.214. The molecule has 0 saturated carbocycles. The van der Waals surface area contributed by atoms with Crippen LogP contribution in [0.3, 0.4) is 0 Å². The molecule has 1 N–H and O–H groups in total. The van der Waals surface area contributed by atoms with Gasteiger partial charge in [0.15, 0.2) is 0 Å². The van der Waals surface area contributed by atoms with Crippen LogP contribution < -0.4 is 4.74 Å². The van der Waals surface area contributed by atoms with Crippen molar-refractivity contribution in [3.8, 4) is 5.75 Å². The predicted molar refractivity (Wildman–Crippen MR) is 69.7 cm³/mol. The molecule has 0 amide bonds. The van der Waals surface area contributed by atoms with Gasteiger partial charge >= 0.3 is 5.97 Å². The SMILES string of the molecule is O=C(O)CC1=CCCC=C1Oc1ccc(Cl)cc1. The maximum atomic E-state index is 10.8. The molecule has 0 aliphatic heterocycles. The van der Waals surface area contributed by atoms with Gasteiger partial charge in [0.25, 0.3) is 0 Å². The normalized spacial score (nSPS) is 14.7. The second-order valence-electron chi connectivity index (χ2n) is 4.00. The van der Waals surface area contributed by atoms with E-state index in [0.29, 0.717) is 16.5 Å². The van der Waals surface area contributed by atoms with Gasteiger partial charge in [-0.25, -0.2) is 0 Å². The molecule has 0 fully saturated rings. The highest BCUT2D eigenvalue weighted by atomic mass is 35.5. The minimum Gasteiger partial charge on any atom is -0.481 e. The number of aliphatic carboxylic acids is 1. The molecule has 4 heteroatoms. The molecule has 0 bridgehead atoms. The van der Waals surface area contributed by atoms with Crippen molar-refractivity contribution >= 4 is 17.6 Å². The van der Waals surface area contributed by atoms with Crippen LogP contribution in [-0.4, -0.2) is 11.1 Å². The Kier molecular flexibility index (Phi) is 4.05. The van der Waals surface area contributed by atoms with E-state index in [9.17, 15) is 4.79 Å². The van der Waals surface area contributed by atoms with E-state index in [0.717, 1.165) is 18.4 Å². The lowest BCUT2D eigenvalue weighted by atomic mass is 10.0. The fourth-order valence-corrected chi connectivity index (χ4v) is 1.89.